The maximum absolute atomic E-state index is 12.2. The summed E-state index contributed by atoms with van der Waals surface area (Å²) in [6.07, 6.45) is 3.46. The molecule has 27 heavy (non-hydrogen) atoms. The number of carbonyl (C=O) groups excluding carboxylic acids is 1. The summed E-state index contributed by atoms with van der Waals surface area (Å²) in [6, 6.07) is 12.6. The number of hydrogen-bond donors (Lipinski definition) is 3. The van der Waals surface area contributed by atoms with Gasteiger partial charge >= 0.3 is 0 Å². The van der Waals surface area contributed by atoms with E-state index in [2.05, 4.69) is 46.7 Å². The first kappa shape index (κ1) is 19.2. The lowest BCUT2D eigenvalue weighted by Gasteiger charge is -2.29. The topological polar surface area (TPSA) is 63.2 Å². The Labute approximate surface area is 160 Å². The van der Waals surface area contributed by atoms with Crippen LogP contribution in [0.5, 0.6) is 0 Å². The van der Waals surface area contributed by atoms with Crippen molar-refractivity contribution in [3.63, 3.8) is 0 Å². The molecule has 0 spiro atoms. The number of carbonyl (C=O) groups is 1. The van der Waals surface area contributed by atoms with Gasteiger partial charge in [0.05, 0.1) is 5.71 Å². The molecule has 0 saturated carbocycles. The normalized spacial score (nSPS) is 20.3. The summed E-state index contributed by atoms with van der Waals surface area (Å²) in [7, 11) is 0. The van der Waals surface area contributed by atoms with Gasteiger partial charge in [-0.15, -0.1) is 0 Å². The molecule has 0 radical (unpaired) electrons. The Bertz CT molecular complexity index is 765. The number of nitrogens with one attached hydrogen (secondary N) is 3. The molecule has 6 heteroatoms. The van der Waals surface area contributed by atoms with Gasteiger partial charge in [0.1, 0.15) is 32.7 Å². The predicted molar refractivity (Wildman–Crippen MR) is 106 cm³/mol. The Balaban J connectivity index is 1.41. The molecule has 1 amide bonds. The first-order chi connectivity index (χ1) is 13.1. The lowest BCUT2D eigenvalue weighted by atomic mass is 10.1. The highest BCUT2D eigenvalue weighted by Crippen LogP contribution is 2.01. The van der Waals surface area contributed by atoms with Crippen LogP contribution >= 0.6 is 0 Å². The van der Waals surface area contributed by atoms with Gasteiger partial charge in [0.2, 0.25) is 0 Å². The van der Waals surface area contributed by atoms with Crippen molar-refractivity contribution in [1.82, 2.24) is 10.4 Å². The second-order valence-electron chi connectivity index (χ2n) is 7.31. The summed E-state index contributed by atoms with van der Waals surface area (Å²) in [4.78, 5) is 19.2. The molecule has 0 atom stereocenters. The molecule has 1 aliphatic rings. The molecule has 2 aromatic rings. The number of quaternary nitrogens is 2. The standard InChI is InChI=1S/C21H27N5O/c1-17-5-7-19(8-6-17)15-25-10-12-26(13-11-25)16-21(27)24-23-18(2)20-4-3-9-22-14-20/h3-9,14H,10-13,15-16H2,1-2H3,(H,24,27)/p+2/b23-18-. The molecule has 1 aromatic heterocycles. The molecule has 0 unspecified atom stereocenters. The number of piperazine rings is 1. The molecule has 3 rings (SSSR count). The number of aromatic nitrogens is 1. The zero-order valence-corrected chi connectivity index (χ0v) is 16.2. The fourth-order valence-corrected chi connectivity index (χ4v) is 3.36. The molecule has 0 bridgehead atoms. The van der Waals surface area contributed by atoms with Gasteiger partial charge in [-0.2, -0.15) is 5.10 Å². The zero-order chi connectivity index (χ0) is 19.1. The van der Waals surface area contributed by atoms with Gasteiger partial charge in [0.15, 0.2) is 6.54 Å². The summed E-state index contributed by atoms with van der Waals surface area (Å²) in [5.41, 5.74) is 7.04. The molecule has 1 aromatic carbocycles. The van der Waals surface area contributed by atoms with E-state index in [-0.39, 0.29) is 5.91 Å². The minimum Gasteiger partial charge on any atom is -0.322 e. The van der Waals surface area contributed by atoms with Crippen LogP contribution in [0.3, 0.4) is 0 Å². The zero-order valence-electron chi connectivity index (χ0n) is 16.2. The van der Waals surface area contributed by atoms with Crippen LogP contribution in [0.15, 0.2) is 53.9 Å². The number of rotatable bonds is 6. The Morgan fingerprint density at radius 3 is 2.48 bits per heavy atom. The Morgan fingerprint density at radius 1 is 1.11 bits per heavy atom. The fraction of sp³-hybridized carbons (Fsp3) is 0.381. The van der Waals surface area contributed by atoms with Crippen molar-refractivity contribution in [1.29, 1.82) is 0 Å². The molecule has 1 saturated heterocycles. The largest absolute Gasteiger partial charge is 0.322 e. The van der Waals surface area contributed by atoms with Gasteiger partial charge in [-0.25, -0.2) is 5.43 Å². The first-order valence-corrected chi connectivity index (χ1v) is 9.56. The summed E-state index contributed by atoms with van der Waals surface area (Å²) in [5, 5.41) is 4.20. The van der Waals surface area contributed by atoms with Crippen LogP contribution in [0.1, 0.15) is 23.6 Å². The summed E-state index contributed by atoms with van der Waals surface area (Å²) in [6.45, 7) is 9.74. The van der Waals surface area contributed by atoms with E-state index < -0.39 is 0 Å². The van der Waals surface area contributed by atoms with Crippen LogP contribution in [0.2, 0.25) is 0 Å². The first-order valence-electron chi connectivity index (χ1n) is 9.56. The quantitative estimate of drug-likeness (QED) is 0.463. The monoisotopic (exact) mass is 367 g/mol. The van der Waals surface area contributed by atoms with E-state index >= 15 is 0 Å². The summed E-state index contributed by atoms with van der Waals surface area (Å²) >= 11 is 0. The van der Waals surface area contributed by atoms with Crippen molar-refractivity contribution >= 4 is 11.6 Å². The molecule has 1 aliphatic heterocycles. The third-order valence-electron chi connectivity index (χ3n) is 5.08. The number of amides is 1. The summed E-state index contributed by atoms with van der Waals surface area (Å²) in [5.74, 6) is -0.0322. The third kappa shape index (κ3) is 5.98. The van der Waals surface area contributed by atoms with E-state index in [1.54, 1.807) is 17.3 Å². The number of benzene rings is 1. The second kappa shape index (κ2) is 9.39. The van der Waals surface area contributed by atoms with Crippen molar-refractivity contribution in [2.75, 3.05) is 32.7 Å². The molecule has 0 aliphatic carbocycles. The highest BCUT2D eigenvalue weighted by Gasteiger charge is 2.24. The van der Waals surface area contributed by atoms with Gasteiger partial charge in [0, 0.05) is 23.5 Å². The fourth-order valence-electron chi connectivity index (χ4n) is 3.36. The van der Waals surface area contributed by atoms with E-state index in [1.165, 1.54) is 16.0 Å². The second-order valence-corrected chi connectivity index (χ2v) is 7.31. The van der Waals surface area contributed by atoms with Gasteiger partial charge in [-0.3, -0.25) is 9.78 Å². The van der Waals surface area contributed by atoms with E-state index in [0.29, 0.717) is 6.54 Å². The minimum atomic E-state index is -0.0322. The van der Waals surface area contributed by atoms with Gasteiger partial charge in [0.25, 0.3) is 5.91 Å². The van der Waals surface area contributed by atoms with Crippen molar-refractivity contribution in [3.05, 3.63) is 65.5 Å². The lowest BCUT2D eigenvalue weighted by molar-refractivity contribution is -1.02. The average molecular weight is 367 g/mol. The number of hydrogen-bond acceptors (Lipinski definition) is 3. The minimum absolute atomic E-state index is 0.0322. The molecule has 3 N–H and O–H groups in total. The molecule has 2 heterocycles. The summed E-state index contributed by atoms with van der Waals surface area (Å²) < 4.78 is 0. The van der Waals surface area contributed by atoms with E-state index in [4.69, 9.17) is 0 Å². The van der Waals surface area contributed by atoms with Gasteiger partial charge in [-0.1, -0.05) is 35.9 Å². The number of aryl methyl sites for hydroxylation is 1. The highest BCUT2D eigenvalue weighted by molar-refractivity contribution is 5.98. The molecule has 142 valence electrons. The van der Waals surface area contributed by atoms with Crippen LogP contribution in [0.25, 0.3) is 0 Å². The van der Waals surface area contributed by atoms with Crippen LogP contribution in [0, 0.1) is 6.92 Å². The van der Waals surface area contributed by atoms with E-state index in [1.807, 2.05) is 19.1 Å². The van der Waals surface area contributed by atoms with Gasteiger partial charge < -0.3 is 9.80 Å². The van der Waals surface area contributed by atoms with Crippen molar-refractivity contribution < 1.29 is 14.6 Å². The average Bonchev–Trinajstić information content (AvgIpc) is 2.70. The SMILES string of the molecule is C/C(=N/NC(=O)C[NH+]1CC[NH+](Cc2ccc(C)cc2)CC1)c1cccnc1. The number of pyridine rings is 1. The maximum atomic E-state index is 12.2. The van der Waals surface area contributed by atoms with E-state index in [0.717, 1.165) is 44.0 Å². The molecule has 6 nitrogen and oxygen atoms in total. The third-order valence-corrected chi connectivity index (χ3v) is 5.08. The Hall–Kier alpha value is -2.57. The van der Waals surface area contributed by atoms with Crippen molar-refractivity contribution in [3.8, 4) is 0 Å². The van der Waals surface area contributed by atoms with Crippen LogP contribution in [-0.4, -0.2) is 49.3 Å². The molecular weight excluding hydrogens is 338 g/mol. The van der Waals surface area contributed by atoms with Crippen molar-refractivity contribution in [2.45, 2.75) is 20.4 Å². The lowest BCUT2D eigenvalue weighted by Crippen LogP contribution is -3.28. The molecule has 1 fully saturated rings. The van der Waals surface area contributed by atoms with Crippen LogP contribution in [-0.2, 0) is 11.3 Å². The smallest absolute Gasteiger partial charge is 0.295 e. The number of hydrazone groups is 1. The van der Waals surface area contributed by atoms with Gasteiger partial charge in [-0.05, 0) is 19.9 Å². The Morgan fingerprint density at radius 2 is 1.81 bits per heavy atom. The van der Waals surface area contributed by atoms with E-state index in [9.17, 15) is 4.79 Å². The van der Waals surface area contributed by atoms with Crippen molar-refractivity contribution in [2.24, 2.45) is 5.10 Å². The Kier molecular flexibility index (Phi) is 6.68. The van der Waals surface area contributed by atoms with Crippen LogP contribution in [0.4, 0.5) is 0 Å². The molecular formula is C21H29N5O+2. The number of nitrogens with zero attached hydrogens (tertiary/aromatic N) is 2. The van der Waals surface area contributed by atoms with Crippen LogP contribution < -0.4 is 15.2 Å². The highest BCUT2D eigenvalue weighted by atomic mass is 16.2. The maximum Gasteiger partial charge on any atom is 0.295 e. The predicted octanol–water partition coefficient (Wildman–Crippen LogP) is -0.786.